The third-order valence-corrected chi connectivity index (χ3v) is 5.07. The van der Waals surface area contributed by atoms with Gasteiger partial charge in [-0.25, -0.2) is 0 Å². The molecule has 26 heavy (non-hydrogen) atoms. The topological polar surface area (TPSA) is 75.8 Å². The van der Waals surface area contributed by atoms with Crippen LogP contribution in [0.15, 0.2) is 34.9 Å². The Morgan fingerprint density at radius 1 is 1.42 bits per heavy atom. The van der Waals surface area contributed by atoms with E-state index in [0.29, 0.717) is 24.6 Å². The number of hydrogen-bond donors (Lipinski definition) is 1. The molecule has 2 heterocycles. The number of ether oxygens (including phenoxy) is 1. The summed E-state index contributed by atoms with van der Waals surface area (Å²) in [5.74, 6) is 1.76. The van der Waals surface area contributed by atoms with Crippen LogP contribution >= 0.6 is 0 Å². The predicted molar refractivity (Wildman–Crippen MR) is 95.2 cm³/mol. The number of aromatic nitrogens is 1. The van der Waals surface area contributed by atoms with E-state index in [1.54, 1.807) is 11.0 Å². The minimum Gasteiger partial charge on any atom is -0.491 e. The second kappa shape index (κ2) is 6.76. The molecule has 1 aliphatic carbocycles. The lowest BCUT2D eigenvalue weighted by molar-refractivity contribution is -0.0533. The Labute approximate surface area is 152 Å². The van der Waals surface area contributed by atoms with Gasteiger partial charge in [0.15, 0.2) is 5.69 Å². The maximum Gasteiger partial charge on any atom is 0.276 e. The van der Waals surface area contributed by atoms with Crippen LogP contribution < -0.4 is 4.74 Å². The zero-order valence-electron chi connectivity index (χ0n) is 15.0. The van der Waals surface area contributed by atoms with Crippen LogP contribution in [0.1, 0.15) is 53.4 Å². The van der Waals surface area contributed by atoms with E-state index >= 15 is 0 Å². The van der Waals surface area contributed by atoms with Crippen molar-refractivity contribution in [1.29, 1.82) is 0 Å². The first-order valence-electron chi connectivity index (χ1n) is 9.20. The first kappa shape index (κ1) is 17.1. The third-order valence-electron chi connectivity index (χ3n) is 5.07. The van der Waals surface area contributed by atoms with E-state index in [9.17, 15) is 9.90 Å². The van der Waals surface area contributed by atoms with Gasteiger partial charge in [0.1, 0.15) is 23.7 Å². The first-order chi connectivity index (χ1) is 12.5. The number of carbonyl (C=O) groups excluding carboxylic acids is 1. The highest BCUT2D eigenvalue weighted by Gasteiger charge is 2.37. The van der Waals surface area contributed by atoms with E-state index in [0.717, 1.165) is 36.3 Å². The smallest absolute Gasteiger partial charge is 0.276 e. The summed E-state index contributed by atoms with van der Waals surface area (Å²) in [7, 11) is 0. The molecule has 4 rings (SSSR count). The van der Waals surface area contributed by atoms with Gasteiger partial charge in [-0.05, 0) is 50.3 Å². The maximum atomic E-state index is 12.7. The molecule has 6 nitrogen and oxygen atoms in total. The number of piperidine rings is 1. The van der Waals surface area contributed by atoms with Crippen LogP contribution in [0.4, 0.5) is 0 Å². The van der Waals surface area contributed by atoms with Crippen LogP contribution in [0.25, 0.3) is 0 Å². The third kappa shape index (κ3) is 3.75. The van der Waals surface area contributed by atoms with Crippen LogP contribution in [-0.2, 0) is 0 Å². The van der Waals surface area contributed by atoms with E-state index in [2.05, 4.69) is 5.16 Å². The highest BCUT2D eigenvalue weighted by Crippen LogP contribution is 2.40. The molecule has 2 aromatic rings. The van der Waals surface area contributed by atoms with Gasteiger partial charge in [-0.3, -0.25) is 4.79 Å². The van der Waals surface area contributed by atoms with Crippen molar-refractivity contribution in [1.82, 2.24) is 10.1 Å². The molecule has 1 aromatic carbocycles. The Balaban J connectivity index is 1.39. The summed E-state index contributed by atoms with van der Waals surface area (Å²) in [4.78, 5) is 14.4. The lowest BCUT2D eigenvalue weighted by Crippen LogP contribution is -2.53. The quantitative estimate of drug-likeness (QED) is 0.891. The number of rotatable bonds is 5. The molecule has 0 spiro atoms. The van der Waals surface area contributed by atoms with Gasteiger partial charge in [0.05, 0.1) is 6.54 Å². The molecular weight excluding hydrogens is 332 g/mol. The maximum absolute atomic E-state index is 12.7. The molecule has 1 saturated heterocycles. The standard InChI is InChI=1S/C20H24N2O4/c1-14-4-2-5-16(10-14)25-13-20(24)8-3-9-22(12-20)19(23)17-11-18(26-21-17)15-6-7-15/h2,4-5,10-11,15,24H,3,6-9,12-13H2,1H3/t20-/m0/s1. The Bertz CT molecular complexity index is 799. The van der Waals surface area contributed by atoms with Crippen molar-refractivity contribution in [2.45, 2.75) is 44.1 Å². The number of β-amino-alcohol motifs (C(OH)–C–C–N with tert-alkyl or cyclic N) is 1. The summed E-state index contributed by atoms with van der Waals surface area (Å²) in [5, 5.41) is 14.8. The Kier molecular flexibility index (Phi) is 4.44. The van der Waals surface area contributed by atoms with Gasteiger partial charge in [0, 0.05) is 18.5 Å². The minimum absolute atomic E-state index is 0.159. The average molecular weight is 356 g/mol. The minimum atomic E-state index is -1.05. The Morgan fingerprint density at radius 2 is 2.27 bits per heavy atom. The molecule has 6 heteroatoms. The van der Waals surface area contributed by atoms with Gasteiger partial charge in [0.25, 0.3) is 5.91 Å². The summed E-state index contributed by atoms with van der Waals surface area (Å²) in [6, 6.07) is 9.47. The van der Waals surface area contributed by atoms with E-state index < -0.39 is 5.60 Å². The van der Waals surface area contributed by atoms with Crippen LogP contribution in [-0.4, -0.2) is 46.4 Å². The number of aryl methyl sites for hydroxylation is 1. The number of aliphatic hydroxyl groups is 1. The van der Waals surface area contributed by atoms with E-state index in [1.165, 1.54) is 0 Å². The Hall–Kier alpha value is -2.34. The van der Waals surface area contributed by atoms with Crippen molar-refractivity contribution in [2.75, 3.05) is 19.7 Å². The number of nitrogens with zero attached hydrogens (tertiary/aromatic N) is 2. The van der Waals surface area contributed by atoms with Crippen molar-refractivity contribution in [3.63, 3.8) is 0 Å². The zero-order chi connectivity index (χ0) is 18.1. The lowest BCUT2D eigenvalue weighted by Gasteiger charge is -2.38. The molecule has 1 N–H and O–H groups in total. The summed E-state index contributed by atoms with van der Waals surface area (Å²) in [6.45, 7) is 3.00. The van der Waals surface area contributed by atoms with Crippen molar-refractivity contribution in [3.8, 4) is 5.75 Å². The van der Waals surface area contributed by atoms with Gasteiger partial charge >= 0.3 is 0 Å². The SMILES string of the molecule is Cc1cccc(OC[C@]2(O)CCCN(C(=O)c3cc(C4CC4)on3)C2)c1. The molecule has 1 aromatic heterocycles. The van der Waals surface area contributed by atoms with E-state index in [4.69, 9.17) is 9.26 Å². The molecule has 138 valence electrons. The lowest BCUT2D eigenvalue weighted by atomic mass is 9.93. The first-order valence-corrected chi connectivity index (χ1v) is 9.20. The van der Waals surface area contributed by atoms with Gasteiger partial charge in [0.2, 0.25) is 0 Å². The van der Waals surface area contributed by atoms with Crippen molar-refractivity contribution >= 4 is 5.91 Å². The molecule has 2 fully saturated rings. The Morgan fingerprint density at radius 3 is 3.04 bits per heavy atom. The fourth-order valence-electron chi connectivity index (χ4n) is 3.44. The van der Waals surface area contributed by atoms with Gasteiger partial charge in [-0.15, -0.1) is 0 Å². The molecule has 1 atom stereocenters. The van der Waals surface area contributed by atoms with Gasteiger partial charge in [-0.1, -0.05) is 17.3 Å². The molecule has 1 saturated carbocycles. The fraction of sp³-hybridized carbons (Fsp3) is 0.500. The van der Waals surface area contributed by atoms with E-state index in [-0.39, 0.29) is 19.1 Å². The fourth-order valence-corrected chi connectivity index (χ4v) is 3.44. The number of benzene rings is 1. The predicted octanol–water partition coefficient (Wildman–Crippen LogP) is 2.91. The molecule has 0 radical (unpaired) electrons. The van der Waals surface area contributed by atoms with Crippen LogP contribution in [0.3, 0.4) is 0 Å². The molecule has 1 aliphatic heterocycles. The normalized spacial score (nSPS) is 23.1. The van der Waals surface area contributed by atoms with Crippen LogP contribution in [0, 0.1) is 6.92 Å². The molecule has 1 amide bonds. The summed E-state index contributed by atoms with van der Waals surface area (Å²) < 4.78 is 11.1. The second-order valence-electron chi connectivity index (χ2n) is 7.55. The number of carbonyl (C=O) groups is 1. The molecule has 0 bridgehead atoms. The summed E-state index contributed by atoms with van der Waals surface area (Å²) in [6.07, 6.45) is 3.53. The largest absolute Gasteiger partial charge is 0.491 e. The summed E-state index contributed by atoms with van der Waals surface area (Å²) >= 11 is 0. The summed E-state index contributed by atoms with van der Waals surface area (Å²) in [5.41, 5.74) is 0.379. The average Bonchev–Trinajstić information content (AvgIpc) is 3.37. The van der Waals surface area contributed by atoms with Crippen LogP contribution in [0.5, 0.6) is 5.75 Å². The molecular formula is C20H24N2O4. The second-order valence-corrected chi connectivity index (χ2v) is 7.55. The van der Waals surface area contributed by atoms with Crippen LogP contribution in [0.2, 0.25) is 0 Å². The molecule has 0 unspecified atom stereocenters. The molecule has 2 aliphatic rings. The number of amides is 1. The number of likely N-dealkylation sites (tertiary alicyclic amines) is 1. The number of hydrogen-bond acceptors (Lipinski definition) is 5. The zero-order valence-corrected chi connectivity index (χ0v) is 15.0. The van der Waals surface area contributed by atoms with Gasteiger partial charge in [-0.2, -0.15) is 0 Å². The van der Waals surface area contributed by atoms with Crippen molar-refractivity contribution in [3.05, 3.63) is 47.3 Å². The van der Waals surface area contributed by atoms with Gasteiger partial charge < -0.3 is 19.3 Å². The highest BCUT2D eigenvalue weighted by atomic mass is 16.5. The van der Waals surface area contributed by atoms with E-state index in [1.807, 2.05) is 31.2 Å². The highest BCUT2D eigenvalue weighted by molar-refractivity contribution is 5.92. The monoisotopic (exact) mass is 356 g/mol. The van der Waals surface area contributed by atoms with Crippen molar-refractivity contribution < 1.29 is 19.2 Å². The van der Waals surface area contributed by atoms with Crippen molar-refractivity contribution in [2.24, 2.45) is 0 Å².